The van der Waals surface area contributed by atoms with E-state index in [0.717, 1.165) is 57.6 Å². The van der Waals surface area contributed by atoms with Crippen molar-refractivity contribution in [1.82, 2.24) is 10.3 Å². The van der Waals surface area contributed by atoms with Gasteiger partial charge in [-0.1, -0.05) is 86.3 Å². The van der Waals surface area contributed by atoms with Crippen LogP contribution in [0, 0.1) is 39.5 Å². The summed E-state index contributed by atoms with van der Waals surface area (Å²) in [4.78, 5) is 25.3. The maximum Gasteiger partial charge on any atom is 0.251 e. The van der Waals surface area contributed by atoms with E-state index in [-0.39, 0.29) is 5.56 Å². The van der Waals surface area contributed by atoms with Gasteiger partial charge in [0.1, 0.15) is 0 Å². The SMILES string of the molecule is C=C/C=C(\C)c1cc(NC(C)C)c(C)c(C(N)=O)c1.CC.CC.CC.CCNC.CSCC1C=CCC1C.Cc1cc(C)c(C)c(=O)[nH]1. The van der Waals surface area contributed by atoms with Crippen molar-refractivity contribution < 1.29 is 4.79 Å². The fraction of sp³-hybridized carbons (Fsp3) is 0.561. The molecule has 2 aromatic rings. The Morgan fingerprint density at radius 1 is 1.06 bits per heavy atom. The number of aryl methyl sites for hydroxylation is 2. The first kappa shape index (κ1) is 51.8. The lowest BCUT2D eigenvalue weighted by Crippen LogP contribution is -2.17. The van der Waals surface area contributed by atoms with Gasteiger partial charge < -0.3 is 21.4 Å². The third-order valence-electron chi connectivity index (χ3n) is 6.95. The monoisotopic (exact) mass is 687 g/mol. The number of primary amides is 1. The van der Waals surface area contributed by atoms with Crippen LogP contribution < -0.4 is 21.9 Å². The zero-order valence-corrected chi connectivity index (χ0v) is 34.7. The number of allylic oxidation sites excluding steroid dienone is 5. The van der Waals surface area contributed by atoms with E-state index in [9.17, 15) is 9.59 Å². The van der Waals surface area contributed by atoms with E-state index in [1.807, 2.05) is 119 Å². The minimum Gasteiger partial charge on any atom is -0.383 e. The van der Waals surface area contributed by atoms with Gasteiger partial charge in [-0.05, 0) is 133 Å². The topological polar surface area (TPSA) is 100 Å². The van der Waals surface area contributed by atoms with Gasteiger partial charge in [-0.2, -0.15) is 11.8 Å². The van der Waals surface area contributed by atoms with E-state index in [0.29, 0.717) is 11.6 Å². The van der Waals surface area contributed by atoms with E-state index in [1.54, 1.807) is 6.08 Å². The van der Waals surface area contributed by atoms with E-state index in [2.05, 4.69) is 68.3 Å². The zero-order chi connectivity index (χ0) is 38.4. The van der Waals surface area contributed by atoms with Crippen molar-refractivity contribution in [1.29, 1.82) is 0 Å². The molecule has 1 aromatic carbocycles. The third-order valence-corrected chi connectivity index (χ3v) is 7.67. The van der Waals surface area contributed by atoms with Crippen LogP contribution >= 0.6 is 11.8 Å². The molecular weight excluding hydrogens is 613 g/mol. The molecule has 2 atom stereocenters. The van der Waals surface area contributed by atoms with Crippen molar-refractivity contribution in [2.24, 2.45) is 17.6 Å². The summed E-state index contributed by atoms with van der Waals surface area (Å²) in [6, 6.07) is 6.13. The number of amides is 1. The van der Waals surface area contributed by atoms with Crippen molar-refractivity contribution in [3.05, 3.63) is 92.9 Å². The minimum atomic E-state index is -0.405. The lowest BCUT2D eigenvalue weighted by molar-refractivity contribution is 0.0999. The number of carbonyl (C=O) groups excluding carboxylic acids is 1. The predicted molar refractivity (Wildman–Crippen MR) is 222 cm³/mol. The quantitative estimate of drug-likeness (QED) is 0.164. The van der Waals surface area contributed by atoms with E-state index in [4.69, 9.17) is 5.73 Å². The summed E-state index contributed by atoms with van der Waals surface area (Å²) in [7, 11) is 1.93. The van der Waals surface area contributed by atoms with Gasteiger partial charge in [-0.25, -0.2) is 0 Å². The summed E-state index contributed by atoms with van der Waals surface area (Å²) in [5.41, 5.74) is 12.7. The number of hydrogen-bond acceptors (Lipinski definition) is 5. The van der Waals surface area contributed by atoms with E-state index in [1.165, 1.54) is 12.2 Å². The van der Waals surface area contributed by atoms with Gasteiger partial charge in [-0.3, -0.25) is 9.59 Å². The summed E-state index contributed by atoms with van der Waals surface area (Å²) >= 11 is 1.95. The molecular formula is C41H74N4O2S. The molecule has 276 valence electrons. The highest BCUT2D eigenvalue weighted by Gasteiger charge is 2.16. The Labute approximate surface area is 301 Å². The molecule has 0 radical (unpaired) electrons. The Kier molecular flexibility index (Phi) is 35.1. The van der Waals surface area contributed by atoms with Crippen LogP contribution in [0.2, 0.25) is 0 Å². The first-order valence-corrected chi connectivity index (χ1v) is 19.1. The molecule has 0 bridgehead atoms. The van der Waals surface area contributed by atoms with Crippen molar-refractivity contribution in [2.75, 3.05) is 30.9 Å². The molecule has 1 amide bonds. The number of carbonyl (C=O) groups is 1. The van der Waals surface area contributed by atoms with Crippen LogP contribution in [0.3, 0.4) is 0 Å². The van der Waals surface area contributed by atoms with E-state index < -0.39 is 5.91 Å². The molecule has 0 saturated heterocycles. The molecule has 3 rings (SSSR count). The standard InChI is InChI=1S/C16H22N2O.C8H11NO.C8H14S.C3H9N.3C2H6/c1-6-7-11(4)13-8-14(16(17)19)12(5)15(9-13)18-10(2)3;1-5-4-6(2)9-8(10)7(5)3;1-7-4-3-5-8(7)6-9-2;1-3-4-2;3*1-2/h6-10,18H,1H2,2-5H3,(H2,17,19);4H,1-3H3,(H,9,10);3,5,7-8H,4,6H2,1-2H3;4H,3H2,1-2H3;3*1-2H3/b11-7+;;;;;;. The number of thioether (sulfide) groups is 1. The zero-order valence-electron chi connectivity index (χ0n) is 33.9. The lowest BCUT2D eigenvalue weighted by Gasteiger charge is -2.17. The average Bonchev–Trinajstić information content (AvgIpc) is 3.48. The molecule has 0 saturated carbocycles. The van der Waals surface area contributed by atoms with Gasteiger partial charge in [0.15, 0.2) is 0 Å². The first-order chi connectivity index (χ1) is 22.7. The van der Waals surface area contributed by atoms with Gasteiger partial charge in [0, 0.05) is 28.6 Å². The number of pyridine rings is 1. The maximum absolute atomic E-state index is 11.5. The summed E-state index contributed by atoms with van der Waals surface area (Å²) < 4.78 is 0. The third kappa shape index (κ3) is 22.5. The second kappa shape index (κ2) is 32.5. The van der Waals surface area contributed by atoms with Crippen LogP contribution in [0.4, 0.5) is 5.69 Å². The summed E-state index contributed by atoms with van der Waals surface area (Å²) in [6.45, 7) is 34.8. The number of H-pyrrole nitrogens is 1. The molecule has 0 fully saturated rings. The van der Waals surface area contributed by atoms with Gasteiger partial charge in [0.05, 0.1) is 0 Å². The van der Waals surface area contributed by atoms with Crippen LogP contribution in [0.5, 0.6) is 0 Å². The smallest absolute Gasteiger partial charge is 0.251 e. The van der Waals surface area contributed by atoms with E-state index >= 15 is 0 Å². The van der Waals surface area contributed by atoms with Crippen molar-refractivity contribution in [3.8, 4) is 0 Å². The van der Waals surface area contributed by atoms with Gasteiger partial charge in [0.25, 0.3) is 5.56 Å². The molecule has 0 spiro atoms. The Morgan fingerprint density at radius 3 is 1.98 bits per heavy atom. The van der Waals surface area contributed by atoms with Gasteiger partial charge >= 0.3 is 0 Å². The molecule has 5 N–H and O–H groups in total. The summed E-state index contributed by atoms with van der Waals surface area (Å²) in [5.74, 6) is 2.66. The minimum absolute atomic E-state index is 0.0255. The Morgan fingerprint density at radius 2 is 1.60 bits per heavy atom. The average molecular weight is 687 g/mol. The number of benzene rings is 1. The Hall–Kier alpha value is -3.03. The highest BCUT2D eigenvalue weighted by Crippen LogP contribution is 2.27. The predicted octanol–water partition coefficient (Wildman–Crippen LogP) is 10.7. The molecule has 2 unspecified atom stereocenters. The second-order valence-corrected chi connectivity index (χ2v) is 11.9. The van der Waals surface area contributed by atoms with Crippen LogP contribution in [-0.2, 0) is 0 Å². The fourth-order valence-electron chi connectivity index (χ4n) is 4.10. The molecule has 0 aliphatic heterocycles. The number of hydrogen-bond donors (Lipinski definition) is 4. The normalized spacial score (nSPS) is 13.9. The Balaban J connectivity index is -0.000000282. The number of rotatable bonds is 8. The number of aromatic nitrogens is 1. The molecule has 6 nitrogen and oxygen atoms in total. The highest BCUT2D eigenvalue weighted by molar-refractivity contribution is 7.98. The molecule has 1 aliphatic carbocycles. The number of nitrogens with one attached hydrogen (secondary N) is 3. The van der Waals surface area contributed by atoms with Crippen LogP contribution in [0.25, 0.3) is 5.57 Å². The van der Waals surface area contributed by atoms with Crippen LogP contribution in [0.1, 0.15) is 121 Å². The Bertz CT molecular complexity index is 1240. The molecule has 1 aromatic heterocycles. The molecule has 7 heteroatoms. The number of aromatic amines is 1. The first-order valence-electron chi connectivity index (χ1n) is 17.7. The lowest BCUT2D eigenvalue weighted by atomic mass is 9.97. The number of anilines is 1. The largest absolute Gasteiger partial charge is 0.383 e. The van der Waals surface area contributed by atoms with Gasteiger partial charge in [-0.15, -0.1) is 0 Å². The summed E-state index contributed by atoms with van der Waals surface area (Å²) in [6.07, 6.45) is 11.8. The maximum atomic E-state index is 11.5. The molecule has 1 heterocycles. The summed E-state index contributed by atoms with van der Waals surface area (Å²) in [5, 5.41) is 6.28. The second-order valence-electron chi connectivity index (χ2n) is 11.0. The van der Waals surface area contributed by atoms with Crippen LogP contribution in [-0.4, -0.2) is 42.5 Å². The van der Waals surface area contributed by atoms with Crippen molar-refractivity contribution in [3.63, 3.8) is 0 Å². The van der Waals surface area contributed by atoms with Gasteiger partial charge in [0.2, 0.25) is 5.91 Å². The molecule has 48 heavy (non-hydrogen) atoms. The fourth-order valence-corrected chi connectivity index (χ4v) is 4.92. The van der Waals surface area contributed by atoms with Crippen molar-refractivity contribution >= 4 is 28.9 Å². The van der Waals surface area contributed by atoms with Crippen molar-refractivity contribution in [2.45, 2.75) is 116 Å². The van der Waals surface area contributed by atoms with Crippen LogP contribution in [0.15, 0.2) is 53.9 Å². The highest BCUT2D eigenvalue weighted by atomic mass is 32.2. The molecule has 1 aliphatic rings. The number of nitrogens with two attached hydrogens (primary N) is 1.